The average Bonchev–Trinajstić information content (AvgIpc) is 2.68. The summed E-state index contributed by atoms with van der Waals surface area (Å²) in [6, 6.07) is 6.18. The van der Waals surface area contributed by atoms with Crippen molar-refractivity contribution in [3.05, 3.63) is 53.6 Å². The molecule has 0 amide bonds. The molecular weight excluding hydrogens is 338 g/mol. The highest BCUT2D eigenvalue weighted by molar-refractivity contribution is 6.01. The fourth-order valence-corrected chi connectivity index (χ4v) is 3.49. The Morgan fingerprint density at radius 3 is 2.59 bits per heavy atom. The number of hydrogen-bond acceptors (Lipinski definition) is 6. The zero-order chi connectivity index (χ0) is 19.2. The zero-order valence-electron chi connectivity index (χ0n) is 16.0. The first kappa shape index (κ1) is 19.1. The van der Waals surface area contributed by atoms with E-state index in [2.05, 4.69) is 50.9 Å². The van der Waals surface area contributed by atoms with Gasteiger partial charge in [0.2, 0.25) is 0 Å². The molecule has 0 aliphatic carbocycles. The number of nitrogens with one attached hydrogen (secondary N) is 2. The van der Waals surface area contributed by atoms with Crippen LogP contribution in [-0.2, 0) is 13.0 Å². The molecule has 0 spiro atoms. The quantitative estimate of drug-likeness (QED) is 0.466. The predicted octanol–water partition coefficient (Wildman–Crippen LogP) is 3.35. The molecule has 0 radical (unpaired) electrons. The Morgan fingerprint density at radius 1 is 1.19 bits per heavy atom. The van der Waals surface area contributed by atoms with E-state index >= 15 is 0 Å². The predicted molar refractivity (Wildman–Crippen MR) is 106 cm³/mol. The lowest BCUT2D eigenvalue weighted by Crippen LogP contribution is -2.46. The molecule has 3 rings (SSSR count). The Balaban J connectivity index is 1.73. The molecular formula is C20H27N7. The van der Waals surface area contributed by atoms with Crippen LogP contribution in [0.4, 0.5) is 5.69 Å². The van der Waals surface area contributed by atoms with Crippen molar-refractivity contribution < 1.29 is 0 Å². The molecule has 1 fully saturated rings. The fraction of sp³-hybridized carbons (Fsp3) is 0.450. The van der Waals surface area contributed by atoms with Gasteiger partial charge in [-0.1, -0.05) is 19.9 Å². The number of anilines is 1. The molecule has 1 aromatic carbocycles. The molecule has 142 valence electrons. The molecule has 0 bridgehead atoms. The SMILES string of the molecule is CC(C)Cc1ccc(C(=N)N=N)c(N2CCN(Cc3cnccn3)CC2)c1. The van der Waals surface area contributed by atoms with Crippen molar-refractivity contribution in [1.29, 1.82) is 10.9 Å². The highest BCUT2D eigenvalue weighted by atomic mass is 15.3. The number of nitrogens with zero attached hydrogens (tertiary/aromatic N) is 5. The number of aromatic nitrogens is 2. The van der Waals surface area contributed by atoms with Gasteiger partial charge in [-0.25, -0.2) is 5.53 Å². The molecule has 7 heteroatoms. The van der Waals surface area contributed by atoms with Crippen LogP contribution in [0.2, 0.25) is 0 Å². The van der Waals surface area contributed by atoms with E-state index in [1.165, 1.54) is 5.56 Å². The number of hydrogen-bond donors (Lipinski definition) is 2. The van der Waals surface area contributed by atoms with Gasteiger partial charge in [-0.2, -0.15) is 0 Å². The van der Waals surface area contributed by atoms with E-state index < -0.39 is 0 Å². The summed E-state index contributed by atoms with van der Waals surface area (Å²) in [6.07, 6.45) is 6.25. The maximum atomic E-state index is 8.03. The number of benzene rings is 1. The van der Waals surface area contributed by atoms with Crippen LogP contribution in [-0.4, -0.2) is 46.9 Å². The van der Waals surface area contributed by atoms with Gasteiger partial charge in [-0.05, 0) is 30.0 Å². The first-order chi connectivity index (χ1) is 13.1. The highest BCUT2D eigenvalue weighted by Gasteiger charge is 2.21. The Labute approximate surface area is 160 Å². The standard InChI is InChI=1S/C20H27N7/c1-15(2)11-16-3-4-18(20(21)25-22)19(12-16)27-9-7-26(8-10-27)14-17-13-23-5-6-24-17/h3-6,12-13,15,21-22H,7-11,14H2,1-2H3. The molecule has 1 aliphatic rings. The van der Waals surface area contributed by atoms with Crippen molar-refractivity contribution in [2.75, 3.05) is 31.1 Å². The first-order valence-corrected chi connectivity index (χ1v) is 9.38. The van der Waals surface area contributed by atoms with Gasteiger partial charge >= 0.3 is 0 Å². The summed E-state index contributed by atoms with van der Waals surface area (Å²) in [4.78, 5) is 13.2. The van der Waals surface area contributed by atoms with Gasteiger partial charge in [0.15, 0.2) is 5.84 Å². The third-order valence-corrected chi connectivity index (χ3v) is 4.79. The summed E-state index contributed by atoms with van der Waals surface area (Å²) in [6.45, 7) is 8.83. The van der Waals surface area contributed by atoms with Crippen molar-refractivity contribution in [3.8, 4) is 0 Å². The van der Waals surface area contributed by atoms with E-state index in [0.717, 1.165) is 56.1 Å². The minimum atomic E-state index is 0.0167. The maximum absolute atomic E-state index is 8.03. The summed E-state index contributed by atoms with van der Waals surface area (Å²) in [5, 5.41) is 11.4. The zero-order valence-corrected chi connectivity index (χ0v) is 16.0. The fourth-order valence-electron chi connectivity index (χ4n) is 3.49. The van der Waals surface area contributed by atoms with Crippen molar-refractivity contribution in [2.24, 2.45) is 11.0 Å². The molecule has 0 saturated carbocycles. The lowest BCUT2D eigenvalue weighted by molar-refractivity contribution is 0.247. The third-order valence-electron chi connectivity index (χ3n) is 4.79. The van der Waals surface area contributed by atoms with Crippen molar-refractivity contribution in [2.45, 2.75) is 26.8 Å². The molecule has 0 unspecified atom stereocenters. The minimum Gasteiger partial charge on any atom is -0.368 e. The van der Waals surface area contributed by atoms with E-state index in [4.69, 9.17) is 10.9 Å². The molecule has 0 atom stereocenters. The lowest BCUT2D eigenvalue weighted by Gasteiger charge is -2.37. The van der Waals surface area contributed by atoms with Crippen LogP contribution in [0.15, 0.2) is 41.9 Å². The summed E-state index contributed by atoms with van der Waals surface area (Å²) in [7, 11) is 0. The number of piperazine rings is 1. The van der Waals surface area contributed by atoms with E-state index in [1.54, 1.807) is 12.4 Å². The normalized spacial score (nSPS) is 15.1. The first-order valence-electron chi connectivity index (χ1n) is 9.38. The molecule has 1 aliphatic heterocycles. The van der Waals surface area contributed by atoms with E-state index in [-0.39, 0.29) is 5.84 Å². The second-order valence-corrected chi connectivity index (χ2v) is 7.37. The molecule has 7 nitrogen and oxygen atoms in total. The van der Waals surface area contributed by atoms with Crippen LogP contribution >= 0.6 is 0 Å². The van der Waals surface area contributed by atoms with Gasteiger partial charge in [-0.3, -0.25) is 20.3 Å². The van der Waals surface area contributed by atoms with Crippen LogP contribution in [0.25, 0.3) is 0 Å². The molecule has 1 saturated heterocycles. The number of rotatable bonds is 6. The van der Waals surface area contributed by atoms with Crippen molar-refractivity contribution >= 4 is 11.5 Å². The van der Waals surface area contributed by atoms with Crippen LogP contribution in [0, 0.1) is 16.9 Å². The van der Waals surface area contributed by atoms with Crippen molar-refractivity contribution in [3.63, 3.8) is 0 Å². The summed E-state index contributed by atoms with van der Waals surface area (Å²) in [5.74, 6) is 0.593. The second kappa shape index (κ2) is 8.81. The van der Waals surface area contributed by atoms with E-state index in [1.807, 2.05) is 12.3 Å². The summed E-state index contributed by atoms with van der Waals surface area (Å²) in [5.41, 5.74) is 11.3. The van der Waals surface area contributed by atoms with Gasteiger partial charge in [-0.15, -0.1) is 5.11 Å². The number of amidine groups is 1. The van der Waals surface area contributed by atoms with Crippen molar-refractivity contribution in [1.82, 2.24) is 14.9 Å². The Hall–Kier alpha value is -2.67. The largest absolute Gasteiger partial charge is 0.368 e. The second-order valence-electron chi connectivity index (χ2n) is 7.37. The summed E-state index contributed by atoms with van der Waals surface area (Å²) >= 11 is 0. The van der Waals surface area contributed by atoms with Gasteiger partial charge < -0.3 is 4.90 Å². The van der Waals surface area contributed by atoms with Crippen LogP contribution in [0.5, 0.6) is 0 Å². The molecule has 27 heavy (non-hydrogen) atoms. The molecule has 2 aromatic rings. The molecule has 1 aromatic heterocycles. The van der Waals surface area contributed by atoms with Gasteiger partial charge in [0.25, 0.3) is 0 Å². The Morgan fingerprint density at radius 2 is 1.96 bits per heavy atom. The topological polar surface area (TPSA) is 92.3 Å². The molecule has 2 heterocycles. The average molecular weight is 365 g/mol. The van der Waals surface area contributed by atoms with Crippen LogP contribution < -0.4 is 4.90 Å². The summed E-state index contributed by atoms with van der Waals surface area (Å²) < 4.78 is 0. The molecule has 2 N–H and O–H groups in total. The van der Waals surface area contributed by atoms with E-state index in [0.29, 0.717) is 5.92 Å². The maximum Gasteiger partial charge on any atom is 0.175 e. The highest BCUT2D eigenvalue weighted by Crippen LogP contribution is 2.26. The van der Waals surface area contributed by atoms with Gasteiger partial charge in [0.1, 0.15) is 0 Å². The van der Waals surface area contributed by atoms with Crippen LogP contribution in [0.1, 0.15) is 30.7 Å². The van der Waals surface area contributed by atoms with E-state index in [9.17, 15) is 0 Å². The van der Waals surface area contributed by atoms with Gasteiger partial charge in [0.05, 0.1) is 5.69 Å². The van der Waals surface area contributed by atoms with Gasteiger partial charge in [0, 0.05) is 62.6 Å². The Kier molecular flexibility index (Phi) is 6.24. The Bertz CT molecular complexity index is 780. The van der Waals surface area contributed by atoms with Crippen LogP contribution in [0.3, 0.4) is 0 Å². The smallest absolute Gasteiger partial charge is 0.175 e. The third kappa shape index (κ3) is 4.95. The monoisotopic (exact) mass is 365 g/mol. The lowest BCUT2D eigenvalue weighted by atomic mass is 9.99. The minimum absolute atomic E-state index is 0.0167.